The fourth-order valence-electron chi connectivity index (χ4n) is 1.72. The summed E-state index contributed by atoms with van der Waals surface area (Å²) in [7, 11) is 0. The van der Waals surface area contributed by atoms with Gasteiger partial charge in [-0.05, 0) is 24.3 Å². The Bertz CT molecular complexity index is 633. The first kappa shape index (κ1) is 13.5. The normalized spacial score (nSPS) is 12.0. The van der Waals surface area contributed by atoms with Crippen molar-refractivity contribution >= 4 is 17.7 Å². The molecule has 3 N–H and O–H groups in total. The summed E-state index contributed by atoms with van der Waals surface area (Å²) in [6.07, 6.45) is 0. The molecule has 0 bridgehead atoms. The van der Waals surface area contributed by atoms with Crippen LogP contribution in [0.2, 0.25) is 0 Å². The van der Waals surface area contributed by atoms with Gasteiger partial charge >= 0.3 is 0 Å². The van der Waals surface area contributed by atoms with Gasteiger partial charge in [0.15, 0.2) is 0 Å². The van der Waals surface area contributed by atoms with Crippen molar-refractivity contribution in [3.05, 3.63) is 71.3 Å². The molecule has 0 aromatic heterocycles. The zero-order chi connectivity index (χ0) is 14.5. The number of hydrogen-bond acceptors (Lipinski definition) is 3. The van der Waals surface area contributed by atoms with Gasteiger partial charge in [0.25, 0.3) is 11.8 Å². The van der Waals surface area contributed by atoms with Gasteiger partial charge in [-0.25, -0.2) is 0 Å². The topological polar surface area (TPSA) is 89.3 Å². The highest BCUT2D eigenvalue weighted by Crippen LogP contribution is 2.13. The second-order valence-electron chi connectivity index (χ2n) is 4.06. The summed E-state index contributed by atoms with van der Waals surface area (Å²) < 4.78 is 0. The number of carbonyl (C=O) groups is 3. The predicted molar refractivity (Wildman–Crippen MR) is 73.2 cm³/mol. The van der Waals surface area contributed by atoms with Gasteiger partial charge in [0, 0.05) is 5.56 Å². The van der Waals surface area contributed by atoms with E-state index >= 15 is 0 Å². The number of primary amides is 1. The van der Waals surface area contributed by atoms with Gasteiger partial charge in [-0.3, -0.25) is 19.7 Å². The Labute approximate surface area is 115 Å². The van der Waals surface area contributed by atoms with E-state index in [0.717, 1.165) is 0 Å². The lowest BCUT2D eigenvalue weighted by Crippen LogP contribution is -2.19. The highest BCUT2D eigenvalue weighted by Gasteiger charge is 2.25. The molecule has 1 aliphatic heterocycles. The summed E-state index contributed by atoms with van der Waals surface area (Å²) in [5, 5.41) is 2.20. The summed E-state index contributed by atoms with van der Waals surface area (Å²) in [4.78, 5) is 32.3. The van der Waals surface area contributed by atoms with E-state index in [4.69, 9.17) is 5.73 Å². The standard InChI is InChI=1S/C8H5NO2.C7H7NO/c10-7-5-3-1-2-4-6(5)8(11)9-7;8-7(9)6-4-2-1-3-5-6/h1-4H,(H,9,10,11);1-5H,(H2,8,9). The summed E-state index contributed by atoms with van der Waals surface area (Å²) in [6.45, 7) is 0. The molecule has 0 saturated carbocycles. The third-order valence-electron chi connectivity index (χ3n) is 2.70. The van der Waals surface area contributed by atoms with E-state index in [9.17, 15) is 14.4 Å². The molecule has 0 saturated heterocycles. The second-order valence-corrected chi connectivity index (χ2v) is 4.06. The lowest BCUT2D eigenvalue weighted by atomic mass is 10.1. The molecular weight excluding hydrogens is 256 g/mol. The Balaban J connectivity index is 0.000000151. The summed E-state index contributed by atoms with van der Waals surface area (Å²) in [5.41, 5.74) is 6.47. The average molecular weight is 268 g/mol. The Morgan fingerprint density at radius 1 is 0.800 bits per heavy atom. The fourth-order valence-corrected chi connectivity index (χ4v) is 1.72. The highest BCUT2D eigenvalue weighted by molar-refractivity contribution is 6.21. The van der Waals surface area contributed by atoms with Gasteiger partial charge < -0.3 is 5.73 Å². The third kappa shape index (κ3) is 2.89. The zero-order valence-corrected chi connectivity index (χ0v) is 10.5. The van der Waals surface area contributed by atoms with Crippen LogP contribution in [0.3, 0.4) is 0 Å². The van der Waals surface area contributed by atoms with Crippen LogP contribution in [0.1, 0.15) is 31.1 Å². The minimum atomic E-state index is -0.379. The highest BCUT2D eigenvalue weighted by atomic mass is 16.2. The van der Waals surface area contributed by atoms with E-state index < -0.39 is 0 Å². The predicted octanol–water partition coefficient (Wildman–Crippen LogP) is 1.36. The maximum absolute atomic E-state index is 10.9. The van der Waals surface area contributed by atoms with Crippen molar-refractivity contribution < 1.29 is 14.4 Å². The van der Waals surface area contributed by atoms with Crippen LogP contribution in [0.4, 0.5) is 0 Å². The van der Waals surface area contributed by atoms with Crippen LogP contribution in [0.15, 0.2) is 54.6 Å². The van der Waals surface area contributed by atoms with Crippen molar-refractivity contribution in [2.45, 2.75) is 0 Å². The summed E-state index contributed by atoms with van der Waals surface area (Å²) >= 11 is 0. The van der Waals surface area contributed by atoms with E-state index in [2.05, 4.69) is 5.32 Å². The number of nitrogens with one attached hydrogen (secondary N) is 1. The molecule has 20 heavy (non-hydrogen) atoms. The van der Waals surface area contributed by atoms with Crippen LogP contribution in [0.5, 0.6) is 0 Å². The monoisotopic (exact) mass is 268 g/mol. The maximum atomic E-state index is 10.9. The fraction of sp³-hybridized carbons (Fsp3) is 0. The van der Waals surface area contributed by atoms with Gasteiger partial charge in [-0.15, -0.1) is 0 Å². The molecule has 0 radical (unpaired) electrons. The minimum Gasteiger partial charge on any atom is -0.366 e. The zero-order valence-electron chi connectivity index (χ0n) is 10.5. The number of amides is 3. The van der Waals surface area contributed by atoms with E-state index in [1.54, 1.807) is 48.5 Å². The van der Waals surface area contributed by atoms with Crippen molar-refractivity contribution in [1.29, 1.82) is 0 Å². The first-order valence-corrected chi connectivity index (χ1v) is 5.89. The first-order valence-electron chi connectivity index (χ1n) is 5.89. The Hall–Kier alpha value is -2.95. The molecule has 5 nitrogen and oxygen atoms in total. The van der Waals surface area contributed by atoms with Crippen LogP contribution in [0, 0.1) is 0 Å². The largest absolute Gasteiger partial charge is 0.366 e. The number of benzene rings is 2. The molecule has 3 amide bonds. The van der Waals surface area contributed by atoms with Gasteiger partial charge in [-0.2, -0.15) is 0 Å². The van der Waals surface area contributed by atoms with E-state index in [1.807, 2.05) is 6.07 Å². The van der Waals surface area contributed by atoms with Crippen LogP contribution in [-0.2, 0) is 0 Å². The van der Waals surface area contributed by atoms with Crippen LogP contribution in [0.25, 0.3) is 0 Å². The molecule has 2 aromatic carbocycles. The number of nitrogens with two attached hydrogens (primary N) is 1. The summed E-state index contributed by atoms with van der Waals surface area (Å²) in [5.74, 6) is -0.980. The number of hydrogen-bond donors (Lipinski definition) is 2. The molecule has 0 spiro atoms. The van der Waals surface area contributed by atoms with Crippen LogP contribution in [-0.4, -0.2) is 17.7 Å². The van der Waals surface area contributed by atoms with E-state index in [-0.39, 0.29) is 17.7 Å². The van der Waals surface area contributed by atoms with Crippen molar-refractivity contribution in [2.24, 2.45) is 5.73 Å². The van der Waals surface area contributed by atoms with Gasteiger partial charge in [0.05, 0.1) is 11.1 Å². The van der Waals surface area contributed by atoms with Crippen molar-refractivity contribution in [3.63, 3.8) is 0 Å². The molecule has 3 rings (SSSR count). The van der Waals surface area contributed by atoms with Gasteiger partial charge in [0.2, 0.25) is 5.91 Å². The van der Waals surface area contributed by atoms with Gasteiger partial charge in [0.1, 0.15) is 0 Å². The molecule has 100 valence electrons. The molecule has 0 aliphatic carbocycles. The number of carbonyl (C=O) groups excluding carboxylic acids is 3. The molecule has 2 aromatic rings. The number of fused-ring (bicyclic) bond motifs is 1. The van der Waals surface area contributed by atoms with Crippen LogP contribution >= 0.6 is 0 Å². The van der Waals surface area contributed by atoms with Crippen molar-refractivity contribution in [1.82, 2.24) is 5.32 Å². The first-order chi connectivity index (χ1) is 9.59. The van der Waals surface area contributed by atoms with Crippen LogP contribution < -0.4 is 11.1 Å². The lowest BCUT2D eigenvalue weighted by molar-refractivity contribution is 0.0878. The quantitative estimate of drug-likeness (QED) is 0.765. The number of imide groups is 1. The third-order valence-corrected chi connectivity index (χ3v) is 2.70. The van der Waals surface area contributed by atoms with Crippen molar-refractivity contribution in [2.75, 3.05) is 0 Å². The smallest absolute Gasteiger partial charge is 0.258 e. The maximum Gasteiger partial charge on any atom is 0.258 e. The molecule has 0 fully saturated rings. The lowest BCUT2D eigenvalue weighted by Gasteiger charge is -1.89. The Morgan fingerprint density at radius 3 is 1.65 bits per heavy atom. The molecule has 0 atom stereocenters. The molecule has 5 heteroatoms. The van der Waals surface area contributed by atoms with Gasteiger partial charge in [-0.1, -0.05) is 30.3 Å². The minimum absolute atomic E-state index is 0.300. The second kappa shape index (κ2) is 5.79. The molecule has 0 unspecified atom stereocenters. The van der Waals surface area contributed by atoms with Crippen molar-refractivity contribution in [3.8, 4) is 0 Å². The number of rotatable bonds is 1. The molecule has 1 aliphatic rings. The van der Waals surface area contributed by atoms with E-state index in [1.165, 1.54) is 0 Å². The Kier molecular flexibility index (Phi) is 3.91. The average Bonchev–Trinajstić information content (AvgIpc) is 2.76. The summed E-state index contributed by atoms with van der Waals surface area (Å²) in [6, 6.07) is 15.5. The van der Waals surface area contributed by atoms with E-state index in [0.29, 0.717) is 16.7 Å². The Morgan fingerprint density at radius 2 is 1.25 bits per heavy atom. The SMILES string of the molecule is NC(=O)c1ccccc1.O=C1NC(=O)c2ccccc21. The molecular formula is C15H12N2O3. The molecule has 1 heterocycles.